The fourth-order valence-corrected chi connectivity index (χ4v) is 3.51. The number of nitrogens with one attached hydrogen (secondary N) is 1. The van der Waals surface area contributed by atoms with Crippen molar-refractivity contribution in [3.63, 3.8) is 0 Å². The molecule has 3 aromatic rings. The van der Waals surface area contributed by atoms with E-state index in [-0.39, 0.29) is 12.3 Å². The molecule has 0 saturated heterocycles. The van der Waals surface area contributed by atoms with Crippen molar-refractivity contribution in [2.75, 3.05) is 13.7 Å². The minimum atomic E-state index is -0.398. The molecule has 1 N–H and O–H groups in total. The molecule has 1 aromatic heterocycles. The standard InChI is InChI=1S/C25H27N3O4/c1-5-32-21-12-10-19(11-13-21)15-24(29)27-26-16-20-14-17(2)28(18(20)3)23-9-7-6-8-22(23)25(30)31-4/h6-14,16H,5,15H2,1-4H3,(H,27,29)/b26-16-. The van der Waals surface area contributed by atoms with Crippen LogP contribution in [0.4, 0.5) is 0 Å². The first-order valence-corrected chi connectivity index (χ1v) is 10.3. The maximum absolute atomic E-state index is 12.2. The van der Waals surface area contributed by atoms with Crippen molar-refractivity contribution in [3.8, 4) is 11.4 Å². The van der Waals surface area contributed by atoms with E-state index in [1.54, 1.807) is 18.3 Å². The van der Waals surface area contributed by atoms with Crippen molar-refractivity contribution in [1.29, 1.82) is 0 Å². The van der Waals surface area contributed by atoms with Crippen LogP contribution in [0.2, 0.25) is 0 Å². The molecule has 0 aliphatic rings. The highest BCUT2D eigenvalue weighted by Crippen LogP contribution is 2.23. The number of hydrazone groups is 1. The number of benzene rings is 2. The second-order valence-corrected chi connectivity index (χ2v) is 7.22. The summed E-state index contributed by atoms with van der Waals surface area (Å²) in [5, 5.41) is 4.11. The van der Waals surface area contributed by atoms with Crippen LogP contribution in [0.1, 0.15) is 39.8 Å². The molecule has 0 bridgehead atoms. The third-order valence-corrected chi connectivity index (χ3v) is 5.01. The van der Waals surface area contributed by atoms with Gasteiger partial charge in [-0.15, -0.1) is 0 Å². The van der Waals surface area contributed by atoms with Gasteiger partial charge in [0.15, 0.2) is 0 Å². The molecular weight excluding hydrogens is 406 g/mol. The van der Waals surface area contributed by atoms with E-state index in [0.29, 0.717) is 12.2 Å². The highest BCUT2D eigenvalue weighted by Gasteiger charge is 2.17. The van der Waals surface area contributed by atoms with Crippen LogP contribution in [0.25, 0.3) is 5.69 Å². The van der Waals surface area contributed by atoms with Crippen molar-refractivity contribution in [2.45, 2.75) is 27.2 Å². The van der Waals surface area contributed by atoms with Gasteiger partial charge >= 0.3 is 5.97 Å². The lowest BCUT2D eigenvalue weighted by Crippen LogP contribution is -2.19. The molecule has 0 fully saturated rings. The molecule has 2 aromatic carbocycles. The molecule has 7 nitrogen and oxygen atoms in total. The first-order valence-electron chi connectivity index (χ1n) is 10.3. The summed E-state index contributed by atoms with van der Waals surface area (Å²) in [7, 11) is 1.36. The van der Waals surface area contributed by atoms with Crippen LogP contribution >= 0.6 is 0 Å². The largest absolute Gasteiger partial charge is 0.494 e. The summed E-state index contributed by atoms with van der Waals surface area (Å²) in [5.41, 5.74) is 7.31. The Balaban J connectivity index is 1.71. The summed E-state index contributed by atoms with van der Waals surface area (Å²) < 4.78 is 12.3. The van der Waals surface area contributed by atoms with Crippen LogP contribution < -0.4 is 10.2 Å². The monoisotopic (exact) mass is 433 g/mol. The molecule has 0 aliphatic heterocycles. The number of esters is 1. The molecule has 0 radical (unpaired) electrons. The van der Waals surface area contributed by atoms with E-state index >= 15 is 0 Å². The molecule has 166 valence electrons. The minimum Gasteiger partial charge on any atom is -0.494 e. The second-order valence-electron chi connectivity index (χ2n) is 7.22. The average Bonchev–Trinajstić information content (AvgIpc) is 3.07. The highest BCUT2D eigenvalue weighted by atomic mass is 16.5. The molecule has 32 heavy (non-hydrogen) atoms. The van der Waals surface area contributed by atoms with Gasteiger partial charge in [0.1, 0.15) is 5.75 Å². The Morgan fingerprint density at radius 3 is 2.50 bits per heavy atom. The summed E-state index contributed by atoms with van der Waals surface area (Å²) in [4.78, 5) is 24.4. The predicted octanol–water partition coefficient (Wildman–Crippen LogP) is 3.97. The van der Waals surface area contributed by atoms with Gasteiger partial charge in [-0.3, -0.25) is 4.79 Å². The van der Waals surface area contributed by atoms with E-state index < -0.39 is 5.97 Å². The van der Waals surface area contributed by atoms with Crippen molar-refractivity contribution in [1.82, 2.24) is 9.99 Å². The summed E-state index contributed by atoms with van der Waals surface area (Å²) in [5.74, 6) is 0.166. The van der Waals surface area contributed by atoms with Crippen LogP contribution in [0.15, 0.2) is 59.7 Å². The number of methoxy groups -OCH3 is 1. The van der Waals surface area contributed by atoms with Crippen LogP contribution in [0, 0.1) is 13.8 Å². The van der Waals surface area contributed by atoms with Gasteiger partial charge in [0.25, 0.3) is 0 Å². The van der Waals surface area contributed by atoms with Crippen LogP contribution in [0.3, 0.4) is 0 Å². The quantitative estimate of drug-likeness (QED) is 0.331. The van der Waals surface area contributed by atoms with E-state index in [4.69, 9.17) is 9.47 Å². The number of carbonyl (C=O) groups excluding carboxylic acids is 2. The predicted molar refractivity (Wildman–Crippen MR) is 124 cm³/mol. The number of amides is 1. The molecule has 1 heterocycles. The number of carbonyl (C=O) groups is 2. The van der Waals surface area contributed by atoms with Crippen LogP contribution in [0.5, 0.6) is 5.75 Å². The van der Waals surface area contributed by atoms with Gasteiger partial charge in [-0.25, -0.2) is 10.2 Å². The molecule has 0 spiro atoms. The number of para-hydroxylation sites is 1. The topological polar surface area (TPSA) is 81.9 Å². The number of hydrogen-bond donors (Lipinski definition) is 1. The summed E-state index contributed by atoms with van der Waals surface area (Å²) in [6.07, 6.45) is 1.82. The Kier molecular flexibility index (Phi) is 7.44. The number of aromatic nitrogens is 1. The number of hydrogen-bond acceptors (Lipinski definition) is 5. The fourth-order valence-electron chi connectivity index (χ4n) is 3.51. The van der Waals surface area contributed by atoms with Crippen LogP contribution in [-0.2, 0) is 16.0 Å². The molecule has 0 atom stereocenters. The van der Waals surface area contributed by atoms with Gasteiger partial charge in [-0.2, -0.15) is 5.10 Å². The first kappa shape index (κ1) is 22.8. The third kappa shape index (κ3) is 5.24. The van der Waals surface area contributed by atoms with E-state index in [1.807, 2.05) is 67.8 Å². The van der Waals surface area contributed by atoms with Gasteiger partial charge in [0.2, 0.25) is 5.91 Å². The lowest BCUT2D eigenvalue weighted by Gasteiger charge is -2.13. The van der Waals surface area contributed by atoms with Crippen molar-refractivity contribution in [3.05, 3.63) is 82.7 Å². The Morgan fingerprint density at radius 1 is 1.09 bits per heavy atom. The lowest BCUT2D eigenvalue weighted by molar-refractivity contribution is -0.120. The smallest absolute Gasteiger partial charge is 0.339 e. The molecule has 3 rings (SSSR count). The molecular formula is C25H27N3O4. The zero-order valence-electron chi connectivity index (χ0n) is 18.7. The Bertz CT molecular complexity index is 1130. The van der Waals surface area contributed by atoms with Gasteiger partial charge in [-0.05, 0) is 56.7 Å². The minimum absolute atomic E-state index is 0.213. The summed E-state index contributed by atoms with van der Waals surface area (Å²) >= 11 is 0. The van der Waals surface area contributed by atoms with Gasteiger partial charge in [0, 0.05) is 17.0 Å². The molecule has 0 aliphatic carbocycles. The third-order valence-electron chi connectivity index (χ3n) is 5.01. The van der Waals surface area contributed by atoms with E-state index in [2.05, 4.69) is 10.5 Å². The normalized spacial score (nSPS) is 10.9. The summed E-state index contributed by atoms with van der Waals surface area (Å²) in [6, 6.07) is 16.6. The van der Waals surface area contributed by atoms with Crippen LogP contribution in [-0.4, -0.2) is 36.4 Å². The van der Waals surface area contributed by atoms with Gasteiger partial charge in [0.05, 0.1) is 37.6 Å². The van der Waals surface area contributed by atoms with E-state index in [9.17, 15) is 9.59 Å². The number of aryl methyl sites for hydroxylation is 1. The maximum atomic E-state index is 12.2. The van der Waals surface area contributed by atoms with E-state index in [1.165, 1.54) is 7.11 Å². The number of nitrogens with zero attached hydrogens (tertiary/aromatic N) is 2. The maximum Gasteiger partial charge on any atom is 0.339 e. The zero-order chi connectivity index (χ0) is 23.1. The Labute approximate surface area is 187 Å². The number of ether oxygens (including phenoxy) is 2. The highest BCUT2D eigenvalue weighted by molar-refractivity contribution is 5.94. The number of rotatable bonds is 8. The zero-order valence-corrected chi connectivity index (χ0v) is 18.7. The van der Waals surface area contributed by atoms with Gasteiger partial charge in [-0.1, -0.05) is 24.3 Å². The SMILES string of the molecule is CCOc1ccc(CC(=O)N/N=C\c2cc(C)n(-c3ccccc3C(=O)OC)c2C)cc1. The Hall–Kier alpha value is -3.87. The first-order chi connectivity index (χ1) is 15.4. The van der Waals surface area contributed by atoms with Crippen molar-refractivity contribution in [2.24, 2.45) is 5.10 Å². The molecule has 0 saturated carbocycles. The van der Waals surface area contributed by atoms with Crippen molar-refractivity contribution >= 4 is 18.1 Å². The van der Waals surface area contributed by atoms with E-state index in [0.717, 1.165) is 34.0 Å². The second kappa shape index (κ2) is 10.4. The molecule has 7 heteroatoms. The Morgan fingerprint density at radius 2 is 1.81 bits per heavy atom. The molecule has 0 unspecified atom stereocenters. The fraction of sp³-hybridized carbons (Fsp3) is 0.240. The summed E-state index contributed by atoms with van der Waals surface area (Å²) in [6.45, 7) is 6.41. The lowest BCUT2D eigenvalue weighted by atomic mass is 10.1. The average molecular weight is 434 g/mol. The van der Waals surface area contributed by atoms with Crippen molar-refractivity contribution < 1.29 is 19.1 Å². The molecule has 1 amide bonds. The van der Waals surface area contributed by atoms with Gasteiger partial charge < -0.3 is 14.0 Å².